The maximum absolute atomic E-state index is 13.8. The van der Waals surface area contributed by atoms with Crippen LogP contribution in [0.2, 0.25) is 0 Å². The largest absolute Gasteiger partial charge is 0.366 e. The number of benzene rings is 2. The monoisotopic (exact) mass is 290 g/mol. The molecule has 0 aliphatic heterocycles. The summed E-state index contributed by atoms with van der Waals surface area (Å²) in [4.78, 5) is 11.0. The molecule has 0 fully saturated rings. The van der Waals surface area contributed by atoms with Gasteiger partial charge in [-0.3, -0.25) is 4.79 Å². The second-order valence-corrected chi connectivity index (χ2v) is 4.83. The molecule has 1 amide bonds. The van der Waals surface area contributed by atoms with Crippen molar-refractivity contribution in [2.45, 2.75) is 19.5 Å². The summed E-state index contributed by atoms with van der Waals surface area (Å²) in [6, 6.07) is 10.2. The lowest BCUT2D eigenvalue weighted by atomic mass is 10.1. The summed E-state index contributed by atoms with van der Waals surface area (Å²) in [7, 11) is 0. The van der Waals surface area contributed by atoms with Gasteiger partial charge in [-0.05, 0) is 36.8 Å². The summed E-state index contributed by atoms with van der Waals surface area (Å²) in [6.07, 6.45) is 0. The molecule has 3 N–H and O–H groups in total. The molecule has 1 atom stereocenters. The lowest BCUT2D eigenvalue weighted by molar-refractivity contribution is 0.1000. The van der Waals surface area contributed by atoms with E-state index >= 15 is 0 Å². The summed E-state index contributed by atoms with van der Waals surface area (Å²) >= 11 is 0. The number of halogens is 2. The summed E-state index contributed by atoms with van der Waals surface area (Å²) in [5.41, 5.74) is 6.42. The quantitative estimate of drug-likeness (QED) is 0.889. The van der Waals surface area contributed by atoms with Crippen LogP contribution in [0.4, 0.5) is 8.78 Å². The Hall–Kier alpha value is -2.27. The molecular weight excluding hydrogens is 274 g/mol. The molecule has 3 nitrogen and oxygen atoms in total. The van der Waals surface area contributed by atoms with Gasteiger partial charge >= 0.3 is 0 Å². The van der Waals surface area contributed by atoms with Crippen molar-refractivity contribution in [3.05, 3.63) is 70.8 Å². The van der Waals surface area contributed by atoms with Crippen molar-refractivity contribution in [1.82, 2.24) is 5.32 Å². The number of rotatable bonds is 5. The Morgan fingerprint density at radius 3 is 2.62 bits per heavy atom. The van der Waals surface area contributed by atoms with Crippen LogP contribution in [0.1, 0.15) is 34.5 Å². The fourth-order valence-corrected chi connectivity index (χ4v) is 2.00. The predicted molar refractivity (Wildman–Crippen MR) is 76.6 cm³/mol. The lowest BCUT2D eigenvalue weighted by Crippen LogP contribution is -2.19. The van der Waals surface area contributed by atoms with Crippen molar-refractivity contribution >= 4 is 5.91 Å². The van der Waals surface area contributed by atoms with Crippen LogP contribution in [-0.4, -0.2) is 5.91 Å². The van der Waals surface area contributed by atoms with Crippen molar-refractivity contribution in [3.8, 4) is 0 Å². The standard InChI is InChI=1S/C16H16F2N2O/c1-10(11-3-2-4-14(17)7-11)20-9-13-6-5-12(16(19)21)8-15(13)18/h2-8,10,20H,9H2,1H3,(H2,19,21)/t10-/m1/s1. The minimum atomic E-state index is -0.665. The minimum Gasteiger partial charge on any atom is -0.366 e. The minimum absolute atomic E-state index is 0.129. The van der Waals surface area contributed by atoms with Crippen LogP contribution in [0.3, 0.4) is 0 Å². The Bertz CT molecular complexity index is 658. The van der Waals surface area contributed by atoms with Gasteiger partial charge in [-0.2, -0.15) is 0 Å². The Kier molecular flexibility index (Phi) is 4.65. The maximum Gasteiger partial charge on any atom is 0.248 e. The Labute approximate surface area is 121 Å². The van der Waals surface area contributed by atoms with Gasteiger partial charge < -0.3 is 11.1 Å². The average Bonchev–Trinajstić information content (AvgIpc) is 2.45. The molecule has 0 aliphatic rings. The van der Waals surface area contributed by atoms with Gasteiger partial charge in [0.05, 0.1) is 0 Å². The second-order valence-electron chi connectivity index (χ2n) is 4.83. The van der Waals surface area contributed by atoms with Gasteiger partial charge in [0.2, 0.25) is 5.91 Å². The van der Waals surface area contributed by atoms with Crippen LogP contribution in [0.5, 0.6) is 0 Å². The van der Waals surface area contributed by atoms with Gasteiger partial charge in [-0.15, -0.1) is 0 Å². The molecule has 0 unspecified atom stereocenters. The van der Waals surface area contributed by atoms with Gasteiger partial charge in [0, 0.05) is 23.7 Å². The van der Waals surface area contributed by atoms with Gasteiger partial charge in [0.15, 0.2) is 0 Å². The normalized spacial score (nSPS) is 12.1. The molecule has 0 aliphatic carbocycles. The van der Waals surface area contributed by atoms with Crippen molar-refractivity contribution < 1.29 is 13.6 Å². The highest BCUT2D eigenvalue weighted by Gasteiger charge is 2.10. The van der Waals surface area contributed by atoms with E-state index in [1.165, 1.54) is 24.3 Å². The first kappa shape index (κ1) is 15.1. The number of carbonyl (C=O) groups excluding carboxylic acids is 1. The van der Waals surface area contributed by atoms with E-state index in [9.17, 15) is 13.6 Å². The van der Waals surface area contributed by atoms with Crippen LogP contribution in [-0.2, 0) is 6.54 Å². The highest BCUT2D eigenvalue weighted by molar-refractivity contribution is 5.92. The SMILES string of the molecule is C[C@@H](NCc1ccc(C(N)=O)cc1F)c1cccc(F)c1. The topological polar surface area (TPSA) is 55.1 Å². The van der Waals surface area contributed by atoms with Crippen LogP contribution >= 0.6 is 0 Å². The molecule has 0 saturated heterocycles. The third-order valence-corrected chi connectivity index (χ3v) is 3.28. The van der Waals surface area contributed by atoms with Gasteiger partial charge in [-0.1, -0.05) is 18.2 Å². The van der Waals surface area contributed by atoms with E-state index in [1.54, 1.807) is 12.1 Å². The number of hydrogen-bond acceptors (Lipinski definition) is 2. The summed E-state index contributed by atoms with van der Waals surface area (Å²) in [6.45, 7) is 2.13. The fourth-order valence-electron chi connectivity index (χ4n) is 2.00. The van der Waals surface area contributed by atoms with Crippen LogP contribution in [0.25, 0.3) is 0 Å². The van der Waals surface area contributed by atoms with E-state index in [-0.39, 0.29) is 24.0 Å². The van der Waals surface area contributed by atoms with Crippen LogP contribution in [0.15, 0.2) is 42.5 Å². The molecule has 0 spiro atoms. The lowest BCUT2D eigenvalue weighted by Gasteiger charge is -2.15. The first-order chi connectivity index (χ1) is 9.97. The highest BCUT2D eigenvalue weighted by Crippen LogP contribution is 2.16. The third kappa shape index (κ3) is 3.86. The number of primary amides is 1. The Balaban J connectivity index is 2.04. The molecule has 0 aromatic heterocycles. The zero-order chi connectivity index (χ0) is 15.4. The highest BCUT2D eigenvalue weighted by atomic mass is 19.1. The van der Waals surface area contributed by atoms with Gasteiger partial charge in [0.1, 0.15) is 11.6 Å². The second kappa shape index (κ2) is 6.45. The Morgan fingerprint density at radius 2 is 2.00 bits per heavy atom. The molecule has 0 saturated carbocycles. The first-order valence-corrected chi connectivity index (χ1v) is 6.54. The molecule has 0 heterocycles. The first-order valence-electron chi connectivity index (χ1n) is 6.54. The van der Waals surface area contributed by atoms with E-state index in [2.05, 4.69) is 5.32 Å². The summed E-state index contributed by atoms with van der Waals surface area (Å²) in [5.74, 6) is -1.47. The van der Waals surface area contributed by atoms with Crippen molar-refractivity contribution in [1.29, 1.82) is 0 Å². The number of amides is 1. The van der Waals surface area contributed by atoms with Crippen molar-refractivity contribution in [3.63, 3.8) is 0 Å². The summed E-state index contributed by atoms with van der Waals surface area (Å²) in [5, 5.41) is 3.11. The van der Waals surface area contributed by atoms with Crippen LogP contribution in [0, 0.1) is 11.6 Å². The Morgan fingerprint density at radius 1 is 1.24 bits per heavy atom. The molecule has 0 radical (unpaired) electrons. The number of nitrogens with two attached hydrogens (primary N) is 1. The van der Waals surface area contributed by atoms with Crippen LogP contribution < -0.4 is 11.1 Å². The van der Waals surface area contributed by atoms with E-state index in [0.717, 1.165) is 11.6 Å². The molecule has 0 bridgehead atoms. The van der Waals surface area contributed by atoms with E-state index in [1.807, 2.05) is 6.92 Å². The number of hydrogen-bond donors (Lipinski definition) is 2. The maximum atomic E-state index is 13.8. The third-order valence-electron chi connectivity index (χ3n) is 3.28. The predicted octanol–water partition coefficient (Wildman–Crippen LogP) is 2.91. The average molecular weight is 290 g/mol. The molecular formula is C16H16F2N2O. The smallest absolute Gasteiger partial charge is 0.248 e. The molecule has 2 aromatic carbocycles. The summed E-state index contributed by atoms with van der Waals surface area (Å²) < 4.78 is 27.0. The molecule has 5 heteroatoms. The molecule has 110 valence electrons. The van der Waals surface area contributed by atoms with E-state index in [4.69, 9.17) is 5.73 Å². The van der Waals surface area contributed by atoms with E-state index in [0.29, 0.717) is 5.56 Å². The van der Waals surface area contributed by atoms with Gasteiger partial charge in [-0.25, -0.2) is 8.78 Å². The number of carbonyl (C=O) groups is 1. The molecule has 21 heavy (non-hydrogen) atoms. The van der Waals surface area contributed by atoms with E-state index < -0.39 is 11.7 Å². The zero-order valence-corrected chi connectivity index (χ0v) is 11.6. The molecule has 2 rings (SSSR count). The van der Waals surface area contributed by atoms with Crippen molar-refractivity contribution in [2.75, 3.05) is 0 Å². The fraction of sp³-hybridized carbons (Fsp3) is 0.188. The van der Waals surface area contributed by atoms with Crippen molar-refractivity contribution in [2.24, 2.45) is 5.73 Å². The molecule has 2 aromatic rings. The van der Waals surface area contributed by atoms with Gasteiger partial charge in [0.25, 0.3) is 0 Å². The number of nitrogens with one attached hydrogen (secondary N) is 1. The zero-order valence-electron chi connectivity index (χ0n) is 11.6.